The number of ketones is 1. The Morgan fingerprint density at radius 1 is 1.38 bits per heavy atom. The van der Waals surface area contributed by atoms with Crippen LogP contribution in [0.25, 0.3) is 6.08 Å². The normalized spacial score (nSPS) is 19.3. The topological polar surface area (TPSA) is 70.8 Å². The number of benzene rings is 1. The highest BCUT2D eigenvalue weighted by atomic mass is 79.9. The van der Waals surface area contributed by atoms with Gasteiger partial charge in [0.2, 0.25) is 0 Å². The molecule has 0 aliphatic carbocycles. The summed E-state index contributed by atoms with van der Waals surface area (Å²) in [6.45, 7) is 2.56. The summed E-state index contributed by atoms with van der Waals surface area (Å²) in [6.07, 6.45) is 5.81. The molecule has 5 nitrogen and oxygen atoms in total. The van der Waals surface area contributed by atoms with Gasteiger partial charge in [0.1, 0.15) is 5.76 Å². The molecule has 0 saturated heterocycles. The van der Waals surface area contributed by atoms with Crippen molar-refractivity contribution < 1.29 is 19.1 Å². The molecule has 1 amide bonds. The van der Waals surface area contributed by atoms with Gasteiger partial charge in [-0.3, -0.25) is 9.59 Å². The average molecular weight is 418 g/mol. The number of amides is 1. The van der Waals surface area contributed by atoms with Crippen molar-refractivity contribution in [2.24, 2.45) is 0 Å². The zero-order chi connectivity index (χ0) is 18.7. The van der Waals surface area contributed by atoms with Gasteiger partial charge in [-0.2, -0.15) is 0 Å². The SMILES string of the molecule is CCCCN1C(=O)C(O)(CC(=O)C=Cc2ccco2)c2cc(Br)ccc21. The van der Waals surface area contributed by atoms with E-state index in [1.807, 2.05) is 13.0 Å². The summed E-state index contributed by atoms with van der Waals surface area (Å²) in [6, 6.07) is 8.78. The Hall–Kier alpha value is -2.18. The molecule has 0 fully saturated rings. The van der Waals surface area contributed by atoms with Crippen LogP contribution in [0.1, 0.15) is 37.5 Å². The highest BCUT2D eigenvalue weighted by molar-refractivity contribution is 9.10. The molecule has 0 radical (unpaired) electrons. The minimum atomic E-state index is -1.85. The van der Waals surface area contributed by atoms with Crippen molar-refractivity contribution in [2.75, 3.05) is 11.4 Å². The van der Waals surface area contributed by atoms with Gasteiger partial charge < -0.3 is 14.4 Å². The largest absolute Gasteiger partial charge is 0.465 e. The third-order valence-electron chi connectivity index (χ3n) is 4.44. The maximum Gasteiger partial charge on any atom is 0.264 e. The number of carbonyl (C=O) groups is 2. The molecular weight excluding hydrogens is 398 g/mol. The van der Waals surface area contributed by atoms with Crippen molar-refractivity contribution in [3.05, 3.63) is 58.5 Å². The zero-order valence-corrected chi connectivity index (χ0v) is 16.0. The van der Waals surface area contributed by atoms with Crippen LogP contribution in [-0.2, 0) is 15.2 Å². The predicted molar refractivity (Wildman–Crippen MR) is 103 cm³/mol. The maximum atomic E-state index is 12.9. The number of halogens is 1. The summed E-state index contributed by atoms with van der Waals surface area (Å²) < 4.78 is 5.90. The van der Waals surface area contributed by atoms with Crippen molar-refractivity contribution in [3.8, 4) is 0 Å². The van der Waals surface area contributed by atoms with Crippen LogP contribution in [0.3, 0.4) is 0 Å². The van der Waals surface area contributed by atoms with E-state index in [9.17, 15) is 14.7 Å². The van der Waals surface area contributed by atoms with Crippen molar-refractivity contribution in [1.82, 2.24) is 0 Å². The number of nitrogens with zero attached hydrogens (tertiary/aromatic N) is 1. The summed E-state index contributed by atoms with van der Waals surface area (Å²) in [5.74, 6) is -0.255. The molecule has 2 heterocycles. The average Bonchev–Trinajstić information content (AvgIpc) is 3.20. The molecule has 6 heteroatoms. The first-order valence-electron chi connectivity index (χ1n) is 8.54. The zero-order valence-electron chi connectivity index (χ0n) is 14.4. The fourth-order valence-corrected chi connectivity index (χ4v) is 3.47. The van der Waals surface area contributed by atoms with Crippen molar-refractivity contribution >= 4 is 39.4 Å². The summed E-state index contributed by atoms with van der Waals surface area (Å²) in [7, 11) is 0. The molecular formula is C20H20BrNO4. The van der Waals surface area contributed by atoms with Crippen LogP contribution in [0.15, 0.2) is 51.6 Å². The number of allylic oxidation sites excluding steroid dienone is 1. The van der Waals surface area contributed by atoms with Crippen LogP contribution in [0.5, 0.6) is 0 Å². The van der Waals surface area contributed by atoms with E-state index >= 15 is 0 Å². The molecule has 1 aliphatic heterocycles. The number of unbranched alkanes of at least 4 members (excludes halogenated alkanes) is 1. The van der Waals surface area contributed by atoms with E-state index in [-0.39, 0.29) is 12.2 Å². The number of anilines is 1. The van der Waals surface area contributed by atoms with Crippen LogP contribution >= 0.6 is 15.9 Å². The Labute approximate surface area is 160 Å². The number of carbonyl (C=O) groups excluding carboxylic acids is 2. The van der Waals surface area contributed by atoms with Crippen LogP contribution in [0.2, 0.25) is 0 Å². The Balaban J connectivity index is 1.88. The molecule has 3 rings (SSSR count). The van der Waals surface area contributed by atoms with Crippen LogP contribution < -0.4 is 4.90 Å². The lowest BCUT2D eigenvalue weighted by atomic mass is 9.90. The Morgan fingerprint density at radius 2 is 2.19 bits per heavy atom. The highest BCUT2D eigenvalue weighted by Gasteiger charge is 2.50. The van der Waals surface area contributed by atoms with E-state index in [2.05, 4.69) is 15.9 Å². The van der Waals surface area contributed by atoms with E-state index < -0.39 is 11.5 Å². The molecule has 1 N–H and O–H groups in total. The van der Waals surface area contributed by atoms with Gasteiger partial charge in [-0.15, -0.1) is 0 Å². The van der Waals surface area contributed by atoms with Gasteiger partial charge in [0.15, 0.2) is 11.4 Å². The quantitative estimate of drug-likeness (QED) is 0.689. The van der Waals surface area contributed by atoms with E-state index in [1.54, 1.807) is 29.2 Å². The third-order valence-corrected chi connectivity index (χ3v) is 4.93. The molecule has 0 spiro atoms. The molecule has 1 unspecified atom stereocenters. The fourth-order valence-electron chi connectivity index (χ4n) is 3.10. The molecule has 26 heavy (non-hydrogen) atoms. The minimum absolute atomic E-state index is 0.310. The number of rotatable bonds is 7. The van der Waals surface area contributed by atoms with Gasteiger partial charge in [-0.25, -0.2) is 0 Å². The fraction of sp³-hybridized carbons (Fsp3) is 0.300. The number of furan rings is 1. The van der Waals surface area contributed by atoms with Crippen molar-refractivity contribution in [1.29, 1.82) is 0 Å². The molecule has 0 saturated carbocycles. The first-order valence-corrected chi connectivity index (χ1v) is 9.34. The standard InChI is InChI=1S/C20H20BrNO4/c1-2-3-10-22-18-9-6-14(21)12-17(18)20(25,19(22)24)13-15(23)7-8-16-5-4-11-26-16/h4-9,11-12,25H,2-3,10,13H2,1H3. The van der Waals surface area contributed by atoms with Gasteiger partial charge in [-0.05, 0) is 48.9 Å². The summed E-state index contributed by atoms with van der Waals surface area (Å²) in [5, 5.41) is 11.1. The molecule has 1 aromatic carbocycles. The van der Waals surface area contributed by atoms with Gasteiger partial charge in [0.05, 0.1) is 18.4 Å². The predicted octanol–water partition coefficient (Wildman–Crippen LogP) is 4.05. The lowest BCUT2D eigenvalue weighted by Gasteiger charge is -2.22. The van der Waals surface area contributed by atoms with Gasteiger partial charge in [0, 0.05) is 16.6 Å². The molecule has 0 bridgehead atoms. The van der Waals surface area contributed by atoms with Crippen molar-refractivity contribution in [3.63, 3.8) is 0 Å². The van der Waals surface area contributed by atoms with Gasteiger partial charge in [0.25, 0.3) is 5.91 Å². The van der Waals surface area contributed by atoms with Gasteiger partial charge >= 0.3 is 0 Å². The first-order chi connectivity index (χ1) is 12.5. The molecule has 1 aliphatic rings. The summed E-state index contributed by atoms with van der Waals surface area (Å²) in [5.41, 5.74) is -0.720. The first kappa shape index (κ1) is 18.6. The van der Waals surface area contributed by atoms with Crippen LogP contribution in [0, 0.1) is 0 Å². The summed E-state index contributed by atoms with van der Waals surface area (Å²) >= 11 is 3.38. The molecule has 136 valence electrons. The number of aliphatic hydroxyl groups is 1. The molecule has 1 aromatic heterocycles. The Kier molecular flexibility index (Phi) is 5.44. The van der Waals surface area contributed by atoms with E-state index in [0.717, 1.165) is 17.3 Å². The van der Waals surface area contributed by atoms with Gasteiger partial charge in [-0.1, -0.05) is 29.3 Å². The Bertz CT molecular complexity index is 844. The molecule has 2 aromatic rings. The number of fused-ring (bicyclic) bond motifs is 1. The number of hydrogen-bond donors (Lipinski definition) is 1. The van der Waals surface area contributed by atoms with E-state index in [1.165, 1.54) is 18.4 Å². The van der Waals surface area contributed by atoms with Crippen LogP contribution in [0.4, 0.5) is 5.69 Å². The Morgan fingerprint density at radius 3 is 2.88 bits per heavy atom. The lowest BCUT2D eigenvalue weighted by Crippen LogP contribution is -2.42. The van der Waals surface area contributed by atoms with Crippen molar-refractivity contribution in [2.45, 2.75) is 31.8 Å². The van der Waals surface area contributed by atoms with E-state index in [0.29, 0.717) is 23.6 Å². The lowest BCUT2D eigenvalue weighted by molar-refractivity contribution is -0.140. The second kappa shape index (κ2) is 7.60. The molecule has 1 atom stereocenters. The van der Waals surface area contributed by atoms with E-state index in [4.69, 9.17) is 4.42 Å². The van der Waals surface area contributed by atoms with Crippen LogP contribution in [-0.4, -0.2) is 23.3 Å². The minimum Gasteiger partial charge on any atom is -0.465 e. The number of hydrogen-bond acceptors (Lipinski definition) is 4. The summed E-state index contributed by atoms with van der Waals surface area (Å²) in [4.78, 5) is 26.9. The monoisotopic (exact) mass is 417 g/mol. The maximum absolute atomic E-state index is 12.9. The smallest absolute Gasteiger partial charge is 0.264 e. The second-order valence-electron chi connectivity index (χ2n) is 6.32. The highest BCUT2D eigenvalue weighted by Crippen LogP contribution is 2.43. The third kappa shape index (κ3) is 3.52. The second-order valence-corrected chi connectivity index (χ2v) is 7.24.